The molecule has 0 saturated carbocycles. The highest BCUT2D eigenvalue weighted by molar-refractivity contribution is 7.12. The lowest BCUT2D eigenvalue weighted by molar-refractivity contribution is -0.384. The zero-order chi connectivity index (χ0) is 19.8. The summed E-state index contributed by atoms with van der Waals surface area (Å²) in [6.45, 7) is 3.15. The van der Waals surface area contributed by atoms with E-state index in [2.05, 4.69) is 0 Å². The molecule has 1 aliphatic rings. The van der Waals surface area contributed by atoms with Gasteiger partial charge in [0.25, 0.3) is 11.6 Å². The van der Waals surface area contributed by atoms with Crippen LogP contribution in [0.2, 0.25) is 0 Å². The quantitative estimate of drug-likeness (QED) is 0.579. The van der Waals surface area contributed by atoms with Gasteiger partial charge in [-0.3, -0.25) is 14.9 Å². The van der Waals surface area contributed by atoms with Crippen molar-refractivity contribution in [1.82, 2.24) is 4.90 Å². The molecule has 144 valence electrons. The number of amides is 1. The molecular weight excluding hydrogens is 383 g/mol. The molecule has 2 aromatic rings. The number of carbonyl (C=O) groups excluding carboxylic acids is 1. The Morgan fingerprint density at radius 1 is 1.19 bits per heavy atom. The first kappa shape index (κ1) is 19.2. The van der Waals surface area contributed by atoms with E-state index < -0.39 is 22.4 Å². The SMILES string of the molecule is Cc1ccsc1C(=O)N1CCN(c2ccc(C(F)(F)F)cc2[N+](=O)[O-])CC1. The number of nitrogens with zero attached hydrogens (tertiary/aromatic N) is 3. The predicted octanol–water partition coefficient (Wildman–Crippen LogP) is 3.95. The first-order valence-corrected chi connectivity index (χ1v) is 9.00. The Morgan fingerprint density at radius 3 is 2.37 bits per heavy atom. The molecule has 1 saturated heterocycles. The fourth-order valence-corrected chi connectivity index (χ4v) is 3.89. The first-order chi connectivity index (χ1) is 12.7. The molecule has 1 aliphatic heterocycles. The van der Waals surface area contributed by atoms with Gasteiger partial charge in [-0.1, -0.05) is 0 Å². The summed E-state index contributed by atoms with van der Waals surface area (Å²) in [7, 11) is 0. The minimum Gasteiger partial charge on any atom is -0.362 e. The van der Waals surface area contributed by atoms with Crippen molar-refractivity contribution in [3.8, 4) is 0 Å². The Morgan fingerprint density at radius 2 is 1.85 bits per heavy atom. The molecule has 0 N–H and O–H groups in total. The molecule has 0 unspecified atom stereocenters. The predicted molar refractivity (Wildman–Crippen MR) is 95.3 cm³/mol. The summed E-state index contributed by atoms with van der Waals surface area (Å²) in [5, 5.41) is 13.1. The third-order valence-corrected chi connectivity index (χ3v) is 5.47. The zero-order valence-electron chi connectivity index (χ0n) is 14.3. The maximum atomic E-state index is 12.8. The van der Waals surface area contributed by atoms with Crippen LogP contribution in [0.4, 0.5) is 24.5 Å². The molecule has 0 aliphatic carbocycles. The second kappa shape index (κ2) is 7.18. The van der Waals surface area contributed by atoms with Crippen molar-refractivity contribution >= 4 is 28.6 Å². The van der Waals surface area contributed by atoms with Gasteiger partial charge >= 0.3 is 6.18 Å². The Kier molecular flexibility index (Phi) is 5.09. The van der Waals surface area contributed by atoms with Gasteiger partial charge in [0.1, 0.15) is 5.69 Å². The van der Waals surface area contributed by atoms with Crippen LogP contribution in [0.1, 0.15) is 20.8 Å². The van der Waals surface area contributed by atoms with Gasteiger partial charge in [0.05, 0.1) is 15.4 Å². The van der Waals surface area contributed by atoms with E-state index in [4.69, 9.17) is 0 Å². The summed E-state index contributed by atoms with van der Waals surface area (Å²) in [6, 6.07) is 4.39. The summed E-state index contributed by atoms with van der Waals surface area (Å²) >= 11 is 1.36. The fraction of sp³-hybridized carbons (Fsp3) is 0.353. The number of hydrogen-bond donors (Lipinski definition) is 0. The molecule has 0 atom stereocenters. The van der Waals surface area contributed by atoms with Crippen LogP contribution in [0.25, 0.3) is 0 Å². The monoisotopic (exact) mass is 399 g/mol. The number of aryl methyl sites for hydroxylation is 1. The number of anilines is 1. The molecule has 1 aromatic heterocycles. The van der Waals surface area contributed by atoms with Gasteiger partial charge in [-0.25, -0.2) is 0 Å². The smallest absolute Gasteiger partial charge is 0.362 e. The molecule has 1 fully saturated rings. The van der Waals surface area contributed by atoms with Crippen molar-refractivity contribution in [2.24, 2.45) is 0 Å². The average molecular weight is 399 g/mol. The lowest BCUT2D eigenvalue weighted by atomic mass is 10.1. The number of carbonyl (C=O) groups is 1. The zero-order valence-corrected chi connectivity index (χ0v) is 15.1. The van der Waals surface area contributed by atoms with Crippen molar-refractivity contribution in [3.63, 3.8) is 0 Å². The highest BCUT2D eigenvalue weighted by atomic mass is 32.1. The van der Waals surface area contributed by atoms with Crippen LogP contribution < -0.4 is 4.90 Å². The van der Waals surface area contributed by atoms with E-state index in [1.165, 1.54) is 11.3 Å². The molecule has 27 heavy (non-hydrogen) atoms. The van der Waals surface area contributed by atoms with Gasteiger partial charge in [0.2, 0.25) is 0 Å². The van der Waals surface area contributed by atoms with Crippen molar-refractivity contribution in [3.05, 3.63) is 55.8 Å². The van der Waals surface area contributed by atoms with E-state index >= 15 is 0 Å². The highest BCUT2D eigenvalue weighted by Crippen LogP contribution is 2.36. The number of benzene rings is 1. The van der Waals surface area contributed by atoms with E-state index in [1.807, 2.05) is 18.4 Å². The van der Waals surface area contributed by atoms with E-state index in [9.17, 15) is 28.1 Å². The molecule has 2 heterocycles. The normalized spacial score (nSPS) is 15.1. The van der Waals surface area contributed by atoms with E-state index in [0.29, 0.717) is 37.1 Å². The Bertz CT molecular complexity index is 874. The molecule has 0 bridgehead atoms. The number of rotatable bonds is 3. The van der Waals surface area contributed by atoms with E-state index in [1.54, 1.807) is 9.80 Å². The molecule has 0 radical (unpaired) electrons. The van der Waals surface area contributed by atoms with Crippen LogP contribution >= 0.6 is 11.3 Å². The molecular formula is C17H16F3N3O3S. The number of thiophene rings is 1. The van der Waals surface area contributed by atoms with E-state index in [0.717, 1.165) is 17.7 Å². The van der Waals surface area contributed by atoms with Gasteiger partial charge in [-0.05, 0) is 36.1 Å². The van der Waals surface area contributed by atoms with Crippen molar-refractivity contribution in [2.75, 3.05) is 31.1 Å². The van der Waals surface area contributed by atoms with Crippen LogP contribution in [0.15, 0.2) is 29.6 Å². The summed E-state index contributed by atoms with van der Waals surface area (Å²) in [5.41, 5.74) is -0.614. The molecule has 1 amide bonds. The van der Waals surface area contributed by atoms with Crippen LogP contribution in [-0.2, 0) is 6.18 Å². The molecule has 0 spiro atoms. The van der Waals surface area contributed by atoms with Gasteiger partial charge < -0.3 is 9.80 Å². The third-order valence-electron chi connectivity index (χ3n) is 4.46. The summed E-state index contributed by atoms with van der Waals surface area (Å²) in [6.07, 6.45) is -4.65. The van der Waals surface area contributed by atoms with Gasteiger partial charge in [0.15, 0.2) is 0 Å². The van der Waals surface area contributed by atoms with Gasteiger partial charge in [-0.15, -0.1) is 11.3 Å². The van der Waals surface area contributed by atoms with Crippen LogP contribution in [-0.4, -0.2) is 41.9 Å². The second-order valence-corrected chi connectivity index (χ2v) is 7.09. The van der Waals surface area contributed by atoms with Crippen LogP contribution in [0.5, 0.6) is 0 Å². The minimum atomic E-state index is -4.65. The molecule has 1 aromatic carbocycles. The van der Waals surface area contributed by atoms with Crippen molar-refractivity contribution < 1.29 is 22.9 Å². The minimum absolute atomic E-state index is 0.0935. The topological polar surface area (TPSA) is 66.7 Å². The number of alkyl halides is 3. The van der Waals surface area contributed by atoms with E-state index in [-0.39, 0.29) is 11.6 Å². The van der Waals surface area contributed by atoms with Gasteiger partial charge in [-0.2, -0.15) is 13.2 Å². The summed E-state index contributed by atoms with van der Waals surface area (Å²) in [5.74, 6) is -0.0935. The first-order valence-electron chi connectivity index (χ1n) is 8.12. The maximum Gasteiger partial charge on any atom is 0.416 e. The summed E-state index contributed by atoms with van der Waals surface area (Å²) in [4.78, 5) is 26.9. The lowest BCUT2D eigenvalue weighted by Gasteiger charge is -2.35. The van der Waals surface area contributed by atoms with Crippen LogP contribution in [0, 0.1) is 17.0 Å². The summed E-state index contributed by atoms with van der Waals surface area (Å²) < 4.78 is 38.5. The number of hydrogen-bond acceptors (Lipinski definition) is 5. The largest absolute Gasteiger partial charge is 0.416 e. The number of piperazine rings is 1. The average Bonchev–Trinajstić information content (AvgIpc) is 3.06. The fourth-order valence-electron chi connectivity index (χ4n) is 3.00. The molecule has 10 heteroatoms. The Labute approximate surface area is 157 Å². The lowest BCUT2D eigenvalue weighted by Crippen LogP contribution is -2.48. The number of nitro groups is 1. The van der Waals surface area contributed by atoms with Gasteiger partial charge in [0, 0.05) is 32.2 Å². The third kappa shape index (κ3) is 3.90. The number of halogens is 3. The Hall–Kier alpha value is -2.62. The van der Waals surface area contributed by atoms with Crippen molar-refractivity contribution in [1.29, 1.82) is 0 Å². The van der Waals surface area contributed by atoms with Crippen molar-refractivity contribution in [2.45, 2.75) is 13.1 Å². The molecule has 3 rings (SSSR count). The Balaban J connectivity index is 1.77. The highest BCUT2D eigenvalue weighted by Gasteiger charge is 2.34. The standard InChI is InChI=1S/C17H16F3N3O3S/c1-11-4-9-27-15(11)16(24)22-7-5-21(6-8-22)13-3-2-12(17(18,19)20)10-14(13)23(25)26/h2-4,9-10H,5-8H2,1H3. The number of nitro benzene ring substituents is 1. The second-order valence-electron chi connectivity index (χ2n) is 6.17. The maximum absolute atomic E-state index is 12.8. The molecule has 6 nitrogen and oxygen atoms in total. The van der Waals surface area contributed by atoms with Crippen LogP contribution in [0.3, 0.4) is 0 Å².